The quantitative estimate of drug-likeness (QED) is 0.585. The molecule has 0 saturated carbocycles. The number of amides is 2. The molecule has 0 bridgehead atoms. The van der Waals surface area contributed by atoms with Crippen LogP contribution in [0.5, 0.6) is 5.75 Å². The molecule has 0 aliphatic carbocycles. The summed E-state index contributed by atoms with van der Waals surface area (Å²) in [5.41, 5.74) is 1.77. The van der Waals surface area contributed by atoms with Gasteiger partial charge in [0.05, 0.1) is 19.8 Å². The minimum atomic E-state index is -0.458. The zero-order chi connectivity index (χ0) is 18.9. The summed E-state index contributed by atoms with van der Waals surface area (Å²) in [6.45, 7) is 0.323. The Morgan fingerprint density at radius 2 is 1.54 bits per heavy atom. The molecular weight excluding hydrogens is 336 g/mol. The normalized spacial score (nSPS) is 9.92. The summed E-state index contributed by atoms with van der Waals surface area (Å²) in [7, 11) is 2.88. The fourth-order valence-electron chi connectivity index (χ4n) is 2.17. The zero-order valence-electron chi connectivity index (χ0n) is 14.6. The number of rotatable bonds is 7. The molecule has 0 radical (unpaired) electrons. The first kappa shape index (κ1) is 19.0. The van der Waals surface area contributed by atoms with E-state index in [1.165, 1.54) is 19.2 Å². The molecule has 2 aromatic rings. The summed E-state index contributed by atoms with van der Waals surface area (Å²) < 4.78 is 9.66. The number of ether oxygens (including phenoxy) is 2. The second-order valence-corrected chi connectivity index (χ2v) is 5.42. The second kappa shape index (κ2) is 9.22. The summed E-state index contributed by atoms with van der Waals surface area (Å²) in [4.78, 5) is 35.1. The van der Waals surface area contributed by atoms with E-state index in [9.17, 15) is 14.4 Å². The Morgan fingerprint density at radius 1 is 0.885 bits per heavy atom. The predicted octanol–water partition coefficient (Wildman–Crippen LogP) is 2.13. The van der Waals surface area contributed by atoms with Crippen molar-refractivity contribution in [2.45, 2.75) is 13.0 Å². The molecule has 0 aliphatic rings. The van der Waals surface area contributed by atoms with Gasteiger partial charge in [0.15, 0.2) is 0 Å². The van der Waals surface area contributed by atoms with Crippen LogP contribution in [0.1, 0.15) is 22.3 Å². The molecule has 7 nitrogen and oxygen atoms in total. The van der Waals surface area contributed by atoms with E-state index in [1.807, 2.05) is 12.1 Å². The van der Waals surface area contributed by atoms with Crippen molar-refractivity contribution in [3.63, 3.8) is 0 Å². The van der Waals surface area contributed by atoms with Crippen molar-refractivity contribution in [2.75, 3.05) is 19.5 Å². The molecule has 0 atom stereocenters. The van der Waals surface area contributed by atoms with E-state index in [-0.39, 0.29) is 12.3 Å². The minimum absolute atomic E-state index is 0.297. The highest BCUT2D eigenvalue weighted by molar-refractivity contribution is 6.03. The Labute approximate surface area is 151 Å². The van der Waals surface area contributed by atoms with Crippen LogP contribution in [-0.4, -0.2) is 32.0 Å². The van der Waals surface area contributed by atoms with Gasteiger partial charge in [0.1, 0.15) is 12.2 Å². The van der Waals surface area contributed by atoms with Gasteiger partial charge in [-0.1, -0.05) is 12.1 Å². The minimum Gasteiger partial charge on any atom is -0.497 e. The van der Waals surface area contributed by atoms with Crippen LogP contribution in [0.4, 0.5) is 5.69 Å². The van der Waals surface area contributed by atoms with Crippen molar-refractivity contribution in [1.82, 2.24) is 5.32 Å². The van der Waals surface area contributed by atoms with Gasteiger partial charge in [0.25, 0.3) is 0 Å². The summed E-state index contributed by atoms with van der Waals surface area (Å²) in [5, 5.41) is 5.28. The summed E-state index contributed by atoms with van der Waals surface area (Å²) in [6, 6.07) is 13.5. The molecule has 0 unspecified atom stereocenters. The first-order valence-corrected chi connectivity index (χ1v) is 7.89. The molecule has 0 fully saturated rings. The largest absolute Gasteiger partial charge is 0.497 e. The van der Waals surface area contributed by atoms with Gasteiger partial charge in [-0.3, -0.25) is 9.59 Å². The molecule has 2 aromatic carbocycles. The zero-order valence-corrected chi connectivity index (χ0v) is 14.6. The molecule has 0 saturated heterocycles. The molecule has 2 rings (SSSR count). The Bertz CT molecular complexity index is 770. The van der Waals surface area contributed by atoms with Crippen LogP contribution in [0.25, 0.3) is 0 Å². The van der Waals surface area contributed by atoms with Crippen LogP contribution < -0.4 is 15.4 Å². The van der Waals surface area contributed by atoms with E-state index in [0.29, 0.717) is 17.8 Å². The van der Waals surface area contributed by atoms with Crippen LogP contribution in [0.2, 0.25) is 0 Å². The topological polar surface area (TPSA) is 93.7 Å². The van der Waals surface area contributed by atoms with E-state index in [4.69, 9.17) is 4.74 Å². The number of anilines is 1. The third-order valence-electron chi connectivity index (χ3n) is 3.56. The molecule has 136 valence electrons. The molecule has 2 amide bonds. The highest BCUT2D eigenvalue weighted by atomic mass is 16.5. The molecule has 7 heteroatoms. The standard InChI is InChI=1S/C19H20N2O5/c1-25-16-9-3-13(4-10-16)12-20-17(22)11-18(23)21-15-7-5-14(6-8-15)19(24)26-2/h3-10H,11-12H2,1-2H3,(H,20,22)(H,21,23). The van der Waals surface area contributed by atoms with Gasteiger partial charge in [0.2, 0.25) is 11.8 Å². The molecule has 0 spiro atoms. The van der Waals surface area contributed by atoms with Gasteiger partial charge < -0.3 is 20.1 Å². The molecule has 0 heterocycles. The second-order valence-electron chi connectivity index (χ2n) is 5.42. The Kier molecular flexibility index (Phi) is 6.73. The van der Waals surface area contributed by atoms with Crippen LogP contribution >= 0.6 is 0 Å². The van der Waals surface area contributed by atoms with E-state index in [1.54, 1.807) is 31.4 Å². The lowest BCUT2D eigenvalue weighted by Gasteiger charge is -2.08. The monoisotopic (exact) mass is 356 g/mol. The number of hydrogen-bond acceptors (Lipinski definition) is 5. The number of methoxy groups -OCH3 is 2. The number of nitrogens with one attached hydrogen (secondary N) is 2. The van der Waals surface area contributed by atoms with E-state index >= 15 is 0 Å². The third-order valence-corrected chi connectivity index (χ3v) is 3.56. The predicted molar refractivity (Wildman–Crippen MR) is 95.9 cm³/mol. The van der Waals surface area contributed by atoms with Crippen LogP contribution in [0.15, 0.2) is 48.5 Å². The van der Waals surface area contributed by atoms with Crippen LogP contribution in [0.3, 0.4) is 0 Å². The maximum Gasteiger partial charge on any atom is 0.337 e. The highest BCUT2D eigenvalue weighted by Gasteiger charge is 2.10. The third kappa shape index (κ3) is 5.62. The van der Waals surface area contributed by atoms with E-state index in [0.717, 1.165) is 11.3 Å². The maximum atomic E-state index is 11.9. The van der Waals surface area contributed by atoms with Gasteiger partial charge in [-0.2, -0.15) is 0 Å². The Balaban J connectivity index is 1.79. The van der Waals surface area contributed by atoms with Crippen LogP contribution in [0, 0.1) is 0 Å². The average Bonchev–Trinajstić information content (AvgIpc) is 2.66. The Hall–Kier alpha value is -3.35. The van der Waals surface area contributed by atoms with Crippen molar-refractivity contribution < 1.29 is 23.9 Å². The number of benzene rings is 2. The average molecular weight is 356 g/mol. The molecule has 2 N–H and O–H groups in total. The lowest BCUT2D eigenvalue weighted by Crippen LogP contribution is -2.27. The summed E-state index contributed by atoms with van der Waals surface area (Å²) >= 11 is 0. The molecular formula is C19H20N2O5. The number of esters is 1. The van der Waals surface area contributed by atoms with Crippen molar-refractivity contribution in [1.29, 1.82) is 0 Å². The van der Waals surface area contributed by atoms with E-state index in [2.05, 4.69) is 15.4 Å². The first-order valence-electron chi connectivity index (χ1n) is 7.89. The van der Waals surface area contributed by atoms with Gasteiger partial charge in [-0.05, 0) is 42.0 Å². The van der Waals surface area contributed by atoms with Crippen molar-refractivity contribution in [2.24, 2.45) is 0 Å². The SMILES string of the molecule is COC(=O)c1ccc(NC(=O)CC(=O)NCc2ccc(OC)cc2)cc1. The van der Waals surface area contributed by atoms with Crippen molar-refractivity contribution >= 4 is 23.5 Å². The van der Waals surface area contributed by atoms with Crippen LogP contribution in [-0.2, 0) is 20.9 Å². The number of carbonyl (C=O) groups excluding carboxylic acids is 3. The number of hydrogen-bond donors (Lipinski definition) is 2. The lowest BCUT2D eigenvalue weighted by atomic mass is 10.2. The fourth-order valence-corrected chi connectivity index (χ4v) is 2.17. The van der Waals surface area contributed by atoms with Crippen molar-refractivity contribution in [3.05, 3.63) is 59.7 Å². The number of carbonyl (C=O) groups is 3. The molecule has 0 aliphatic heterocycles. The smallest absolute Gasteiger partial charge is 0.337 e. The van der Waals surface area contributed by atoms with Gasteiger partial charge in [-0.25, -0.2) is 4.79 Å². The fraction of sp³-hybridized carbons (Fsp3) is 0.211. The molecule has 0 aromatic heterocycles. The lowest BCUT2D eigenvalue weighted by molar-refractivity contribution is -0.126. The first-order chi connectivity index (χ1) is 12.5. The van der Waals surface area contributed by atoms with Gasteiger partial charge >= 0.3 is 5.97 Å². The summed E-state index contributed by atoms with van der Waals surface area (Å²) in [6.07, 6.45) is -0.297. The van der Waals surface area contributed by atoms with Gasteiger partial charge in [-0.15, -0.1) is 0 Å². The van der Waals surface area contributed by atoms with E-state index < -0.39 is 11.9 Å². The maximum absolute atomic E-state index is 11.9. The molecule has 26 heavy (non-hydrogen) atoms. The van der Waals surface area contributed by atoms with Crippen molar-refractivity contribution in [3.8, 4) is 5.75 Å². The highest BCUT2D eigenvalue weighted by Crippen LogP contribution is 2.12. The summed E-state index contributed by atoms with van der Waals surface area (Å²) in [5.74, 6) is -0.550. The van der Waals surface area contributed by atoms with Gasteiger partial charge in [0, 0.05) is 12.2 Å². The Morgan fingerprint density at radius 3 is 2.12 bits per heavy atom.